The molecule has 24 heavy (non-hydrogen) atoms. The maximum absolute atomic E-state index is 11.9. The van der Waals surface area contributed by atoms with Gasteiger partial charge in [0, 0.05) is 13.5 Å². The van der Waals surface area contributed by atoms with Crippen LogP contribution >= 0.6 is 0 Å². The molecule has 1 unspecified atom stereocenters. The molecule has 1 rings (SSSR count). The van der Waals surface area contributed by atoms with Gasteiger partial charge in [0.05, 0.1) is 6.61 Å². The maximum Gasteiger partial charge on any atom is 0.221 e. The Hall–Kier alpha value is -0.730. The molecular formula is C17H33NO6. The van der Waals surface area contributed by atoms with Gasteiger partial charge in [-0.25, -0.2) is 0 Å². The molecule has 0 spiro atoms. The van der Waals surface area contributed by atoms with Crippen molar-refractivity contribution in [3.63, 3.8) is 0 Å². The second kappa shape index (κ2) is 11.0. The van der Waals surface area contributed by atoms with Crippen molar-refractivity contribution in [2.75, 3.05) is 13.2 Å². The summed E-state index contributed by atoms with van der Waals surface area (Å²) in [6.07, 6.45) is 1.36. The van der Waals surface area contributed by atoms with Gasteiger partial charge >= 0.3 is 0 Å². The highest BCUT2D eigenvalue weighted by Crippen LogP contribution is 2.24. The second-order valence-electron chi connectivity index (χ2n) is 6.55. The Balaban J connectivity index is 2.52. The van der Waals surface area contributed by atoms with Crippen molar-refractivity contribution < 1.29 is 30.0 Å². The molecule has 1 aliphatic heterocycles. The number of aliphatic hydroxyl groups excluding tert-OH is 4. The summed E-state index contributed by atoms with van der Waals surface area (Å²) in [5.41, 5.74) is 0. The van der Waals surface area contributed by atoms with Gasteiger partial charge < -0.3 is 30.1 Å². The van der Waals surface area contributed by atoms with Crippen molar-refractivity contribution >= 4 is 5.91 Å². The standard InChI is InChI=1S/C17H33NO6/c1-3-4-5-6-7-8-9-10-18(12(2)20)17-16(23)15(22)14(21)13(11-19)24-17/h13-17,19,21-23H,3-11H2,1-2H3/t13-,14-,15+,16-,17?/m1/s1. The van der Waals surface area contributed by atoms with Crippen LogP contribution in [0, 0.1) is 0 Å². The van der Waals surface area contributed by atoms with Crippen LogP contribution in [0.2, 0.25) is 0 Å². The Kier molecular flexibility index (Phi) is 9.76. The zero-order chi connectivity index (χ0) is 18.1. The van der Waals surface area contributed by atoms with Crippen LogP contribution in [0.1, 0.15) is 58.8 Å². The molecule has 0 aromatic carbocycles. The lowest BCUT2D eigenvalue weighted by molar-refractivity contribution is -0.262. The average molecular weight is 347 g/mol. The molecule has 1 aliphatic rings. The summed E-state index contributed by atoms with van der Waals surface area (Å²) >= 11 is 0. The van der Waals surface area contributed by atoms with Crippen LogP contribution < -0.4 is 0 Å². The summed E-state index contributed by atoms with van der Waals surface area (Å²) < 4.78 is 5.46. The van der Waals surface area contributed by atoms with Crippen LogP contribution in [0.15, 0.2) is 0 Å². The molecule has 4 N–H and O–H groups in total. The Labute approximate surface area is 144 Å². The number of nitrogens with zero attached hydrogens (tertiary/aromatic N) is 1. The van der Waals surface area contributed by atoms with E-state index in [1.54, 1.807) is 0 Å². The predicted octanol–water partition coefficient (Wildman–Crippen LogP) is 0.385. The van der Waals surface area contributed by atoms with Crippen molar-refractivity contribution in [2.45, 2.75) is 89.4 Å². The third kappa shape index (κ3) is 5.97. The topological polar surface area (TPSA) is 110 Å². The van der Waals surface area contributed by atoms with E-state index in [0.29, 0.717) is 6.54 Å². The van der Waals surface area contributed by atoms with Gasteiger partial charge in [0.15, 0.2) is 6.23 Å². The van der Waals surface area contributed by atoms with Gasteiger partial charge in [0.1, 0.15) is 24.4 Å². The SMILES string of the molecule is CCCCCCCCCN(C(C)=O)C1O[C@H](CO)[C@@H](O)[C@H](O)[C@H]1O. The lowest BCUT2D eigenvalue weighted by Crippen LogP contribution is -2.64. The van der Waals surface area contributed by atoms with E-state index in [2.05, 4.69) is 6.92 Å². The van der Waals surface area contributed by atoms with Crippen LogP contribution in [0.3, 0.4) is 0 Å². The highest BCUT2D eigenvalue weighted by Gasteiger charge is 2.46. The van der Waals surface area contributed by atoms with Crippen molar-refractivity contribution in [3.05, 3.63) is 0 Å². The lowest BCUT2D eigenvalue weighted by atomic mass is 9.97. The van der Waals surface area contributed by atoms with Gasteiger partial charge in [-0.05, 0) is 6.42 Å². The molecule has 1 amide bonds. The number of carbonyl (C=O) groups is 1. The van der Waals surface area contributed by atoms with Gasteiger partial charge in [-0.2, -0.15) is 0 Å². The van der Waals surface area contributed by atoms with Crippen LogP contribution in [-0.4, -0.2) is 75.0 Å². The van der Waals surface area contributed by atoms with E-state index in [1.165, 1.54) is 37.5 Å². The van der Waals surface area contributed by atoms with E-state index in [9.17, 15) is 25.2 Å². The minimum atomic E-state index is -1.46. The van der Waals surface area contributed by atoms with Gasteiger partial charge in [-0.1, -0.05) is 45.4 Å². The fourth-order valence-electron chi connectivity index (χ4n) is 3.04. The predicted molar refractivity (Wildman–Crippen MR) is 89.1 cm³/mol. The molecule has 7 nitrogen and oxygen atoms in total. The zero-order valence-electron chi connectivity index (χ0n) is 14.8. The monoisotopic (exact) mass is 347 g/mol. The molecular weight excluding hydrogens is 314 g/mol. The van der Waals surface area contributed by atoms with E-state index >= 15 is 0 Å². The van der Waals surface area contributed by atoms with Crippen molar-refractivity contribution in [3.8, 4) is 0 Å². The number of amides is 1. The summed E-state index contributed by atoms with van der Waals surface area (Å²) in [6, 6.07) is 0. The fourth-order valence-corrected chi connectivity index (χ4v) is 3.04. The van der Waals surface area contributed by atoms with Crippen LogP contribution in [-0.2, 0) is 9.53 Å². The molecule has 1 fully saturated rings. The molecule has 1 saturated heterocycles. The van der Waals surface area contributed by atoms with E-state index in [1.807, 2.05) is 0 Å². The quantitative estimate of drug-likeness (QED) is 0.425. The summed E-state index contributed by atoms with van der Waals surface area (Å²) in [5.74, 6) is -0.273. The number of carbonyl (C=O) groups excluding carboxylic acids is 1. The van der Waals surface area contributed by atoms with Gasteiger partial charge in [-0.3, -0.25) is 4.79 Å². The Morgan fingerprint density at radius 3 is 2.08 bits per heavy atom. The molecule has 0 saturated carbocycles. The average Bonchev–Trinajstić information content (AvgIpc) is 2.56. The molecule has 0 aromatic heterocycles. The molecule has 0 radical (unpaired) electrons. The van der Waals surface area contributed by atoms with Crippen LogP contribution in [0.4, 0.5) is 0 Å². The van der Waals surface area contributed by atoms with E-state index in [-0.39, 0.29) is 5.91 Å². The Morgan fingerprint density at radius 2 is 1.54 bits per heavy atom. The Morgan fingerprint density at radius 1 is 0.958 bits per heavy atom. The minimum Gasteiger partial charge on any atom is -0.394 e. The highest BCUT2D eigenvalue weighted by molar-refractivity contribution is 5.73. The van der Waals surface area contributed by atoms with Gasteiger partial charge in [-0.15, -0.1) is 0 Å². The molecule has 0 aliphatic carbocycles. The third-order valence-electron chi connectivity index (χ3n) is 4.58. The highest BCUT2D eigenvalue weighted by atomic mass is 16.6. The minimum absolute atomic E-state index is 0.273. The first-order valence-corrected chi connectivity index (χ1v) is 9.01. The van der Waals surface area contributed by atoms with E-state index in [4.69, 9.17) is 4.74 Å². The maximum atomic E-state index is 11.9. The van der Waals surface area contributed by atoms with Gasteiger partial charge in [0.2, 0.25) is 5.91 Å². The van der Waals surface area contributed by atoms with Crippen LogP contribution in [0.25, 0.3) is 0 Å². The number of unbranched alkanes of at least 4 members (excludes halogenated alkanes) is 6. The number of hydrogen-bond donors (Lipinski definition) is 4. The summed E-state index contributed by atoms with van der Waals surface area (Å²) in [5, 5.41) is 39.0. The van der Waals surface area contributed by atoms with Crippen molar-refractivity contribution in [1.82, 2.24) is 4.90 Å². The van der Waals surface area contributed by atoms with Crippen molar-refractivity contribution in [1.29, 1.82) is 0 Å². The zero-order valence-corrected chi connectivity index (χ0v) is 14.8. The molecule has 0 bridgehead atoms. The fraction of sp³-hybridized carbons (Fsp3) is 0.941. The smallest absolute Gasteiger partial charge is 0.221 e. The normalized spacial score (nSPS) is 30.3. The first-order chi connectivity index (χ1) is 11.4. The molecule has 1 heterocycles. The summed E-state index contributed by atoms with van der Waals surface area (Å²) in [6.45, 7) is 3.46. The van der Waals surface area contributed by atoms with Crippen LogP contribution in [0.5, 0.6) is 0 Å². The Bertz CT molecular complexity index is 365. The number of ether oxygens (including phenoxy) is 1. The van der Waals surface area contributed by atoms with Gasteiger partial charge in [0.25, 0.3) is 0 Å². The molecule has 142 valence electrons. The second-order valence-corrected chi connectivity index (χ2v) is 6.55. The third-order valence-corrected chi connectivity index (χ3v) is 4.58. The largest absolute Gasteiger partial charge is 0.394 e. The number of rotatable bonds is 10. The molecule has 5 atom stereocenters. The molecule has 0 aromatic rings. The summed E-state index contributed by atoms with van der Waals surface area (Å²) in [7, 11) is 0. The lowest BCUT2D eigenvalue weighted by Gasteiger charge is -2.44. The summed E-state index contributed by atoms with van der Waals surface area (Å²) in [4.78, 5) is 13.3. The molecule has 7 heteroatoms. The first kappa shape index (κ1) is 21.3. The number of aliphatic hydroxyl groups is 4. The van der Waals surface area contributed by atoms with Crippen molar-refractivity contribution in [2.24, 2.45) is 0 Å². The first-order valence-electron chi connectivity index (χ1n) is 9.01. The number of hydrogen-bond acceptors (Lipinski definition) is 6. The van der Waals surface area contributed by atoms with E-state index < -0.39 is 37.3 Å². The van der Waals surface area contributed by atoms with E-state index in [0.717, 1.165) is 19.3 Å².